The van der Waals surface area contributed by atoms with Crippen molar-refractivity contribution in [2.24, 2.45) is 0 Å². The number of methoxy groups -OCH3 is 1. The van der Waals surface area contributed by atoms with Crippen LogP contribution in [0.3, 0.4) is 0 Å². The summed E-state index contributed by atoms with van der Waals surface area (Å²) in [5.41, 5.74) is 2.21. The minimum atomic E-state index is -0.488. The van der Waals surface area contributed by atoms with Crippen LogP contribution in [-0.2, 0) is 19.1 Å². The number of esters is 1. The van der Waals surface area contributed by atoms with Crippen molar-refractivity contribution in [2.45, 2.75) is 25.9 Å². The molecular weight excluding hydrogens is 306 g/mol. The summed E-state index contributed by atoms with van der Waals surface area (Å²) in [6, 6.07) is 9.49. The van der Waals surface area contributed by atoms with Gasteiger partial charge in [-0.3, -0.25) is 4.79 Å². The third-order valence-corrected chi connectivity index (χ3v) is 4.42. The molecule has 0 saturated carbocycles. The highest BCUT2D eigenvalue weighted by Crippen LogP contribution is 2.32. The maximum atomic E-state index is 12.9. The van der Waals surface area contributed by atoms with Crippen LogP contribution in [0.15, 0.2) is 47.2 Å². The summed E-state index contributed by atoms with van der Waals surface area (Å²) in [5.74, 6) is -0.662. The van der Waals surface area contributed by atoms with E-state index in [9.17, 15) is 9.59 Å². The molecule has 2 heterocycles. The maximum Gasteiger partial charge on any atom is 0.340 e. The van der Waals surface area contributed by atoms with E-state index in [-0.39, 0.29) is 12.0 Å². The van der Waals surface area contributed by atoms with Gasteiger partial charge < -0.3 is 14.4 Å². The molecule has 24 heavy (non-hydrogen) atoms. The van der Waals surface area contributed by atoms with Gasteiger partial charge in [-0.2, -0.15) is 0 Å². The van der Waals surface area contributed by atoms with E-state index in [1.54, 1.807) is 17.9 Å². The number of ether oxygens (including phenoxy) is 2. The third-order valence-electron chi connectivity index (χ3n) is 4.42. The predicted octanol–water partition coefficient (Wildman–Crippen LogP) is 2.54. The smallest absolute Gasteiger partial charge is 0.340 e. The Bertz CT molecular complexity index is 699. The van der Waals surface area contributed by atoms with Crippen LogP contribution in [0.5, 0.6) is 0 Å². The topological polar surface area (TPSA) is 55.8 Å². The summed E-state index contributed by atoms with van der Waals surface area (Å²) in [6.07, 6.45) is 3.71. The summed E-state index contributed by atoms with van der Waals surface area (Å²) < 4.78 is 10.5. The standard InChI is InChI=1S/C19H21NO4/c1-13-17(19(22)23-2)16(11-14-7-4-3-5-8-14)18(21)20(13)12-15-9-6-10-24-15/h3-5,7-8,11,15H,6,9-10,12H2,1-2H3/b16-11-/t15-/m1/s1. The Morgan fingerprint density at radius 2 is 2.12 bits per heavy atom. The number of rotatable bonds is 4. The molecule has 5 heteroatoms. The number of carbonyl (C=O) groups excluding carboxylic acids is 2. The number of hydrogen-bond donors (Lipinski definition) is 0. The van der Waals surface area contributed by atoms with Crippen LogP contribution in [0.25, 0.3) is 6.08 Å². The van der Waals surface area contributed by atoms with Crippen LogP contribution in [0, 0.1) is 0 Å². The Morgan fingerprint density at radius 1 is 1.38 bits per heavy atom. The molecular formula is C19H21NO4. The molecule has 2 aliphatic rings. The number of allylic oxidation sites excluding steroid dienone is 1. The van der Waals surface area contributed by atoms with Gasteiger partial charge in [-0.1, -0.05) is 30.3 Å². The summed E-state index contributed by atoms with van der Waals surface area (Å²) in [7, 11) is 1.33. The van der Waals surface area contributed by atoms with Crippen molar-refractivity contribution in [1.29, 1.82) is 0 Å². The molecule has 0 N–H and O–H groups in total. The van der Waals surface area contributed by atoms with E-state index in [4.69, 9.17) is 9.47 Å². The highest BCUT2D eigenvalue weighted by molar-refractivity contribution is 6.16. The summed E-state index contributed by atoms with van der Waals surface area (Å²) >= 11 is 0. The van der Waals surface area contributed by atoms with Crippen LogP contribution in [0.4, 0.5) is 0 Å². The molecule has 0 bridgehead atoms. The summed E-state index contributed by atoms with van der Waals surface area (Å²) in [5, 5.41) is 0. The van der Waals surface area contributed by atoms with Gasteiger partial charge in [-0.05, 0) is 31.4 Å². The lowest BCUT2D eigenvalue weighted by atomic mass is 10.0. The van der Waals surface area contributed by atoms with E-state index in [0.29, 0.717) is 23.4 Å². The van der Waals surface area contributed by atoms with Crippen LogP contribution in [-0.4, -0.2) is 43.1 Å². The number of carbonyl (C=O) groups is 2. The van der Waals surface area contributed by atoms with Crippen molar-refractivity contribution in [3.63, 3.8) is 0 Å². The average molecular weight is 327 g/mol. The van der Waals surface area contributed by atoms with Gasteiger partial charge in [0.2, 0.25) is 0 Å². The summed E-state index contributed by atoms with van der Waals surface area (Å²) in [4.78, 5) is 26.7. The number of nitrogens with zero attached hydrogens (tertiary/aromatic N) is 1. The largest absolute Gasteiger partial charge is 0.465 e. The normalized spacial score (nSPS) is 22.6. The minimum absolute atomic E-state index is 0.0267. The Labute approximate surface area is 141 Å². The first-order valence-electron chi connectivity index (χ1n) is 8.11. The monoisotopic (exact) mass is 327 g/mol. The van der Waals surface area contributed by atoms with Crippen LogP contribution >= 0.6 is 0 Å². The van der Waals surface area contributed by atoms with E-state index in [0.717, 1.165) is 25.0 Å². The second-order valence-electron chi connectivity index (χ2n) is 5.97. The molecule has 0 aromatic heterocycles. The van der Waals surface area contributed by atoms with Crippen molar-refractivity contribution < 1.29 is 19.1 Å². The van der Waals surface area contributed by atoms with Crippen molar-refractivity contribution in [3.8, 4) is 0 Å². The molecule has 0 spiro atoms. The van der Waals surface area contributed by atoms with E-state index in [1.807, 2.05) is 30.3 Å². The molecule has 3 rings (SSSR count). The molecule has 0 radical (unpaired) electrons. The lowest BCUT2D eigenvalue weighted by molar-refractivity contribution is -0.136. The maximum absolute atomic E-state index is 12.9. The fourth-order valence-electron chi connectivity index (χ4n) is 3.16. The highest BCUT2D eigenvalue weighted by atomic mass is 16.5. The van der Waals surface area contributed by atoms with E-state index < -0.39 is 5.97 Å². The zero-order valence-corrected chi connectivity index (χ0v) is 14.0. The molecule has 1 saturated heterocycles. The lowest BCUT2D eigenvalue weighted by Gasteiger charge is -2.21. The molecule has 1 aromatic carbocycles. The Balaban J connectivity index is 1.96. The third kappa shape index (κ3) is 3.12. The minimum Gasteiger partial charge on any atom is -0.465 e. The molecule has 0 aliphatic carbocycles. The van der Waals surface area contributed by atoms with E-state index in [1.165, 1.54) is 7.11 Å². The zero-order valence-electron chi connectivity index (χ0n) is 14.0. The molecule has 0 unspecified atom stereocenters. The first-order valence-corrected chi connectivity index (χ1v) is 8.11. The Hall–Kier alpha value is -2.40. The predicted molar refractivity (Wildman–Crippen MR) is 89.8 cm³/mol. The lowest BCUT2D eigenvalue weighted by Crippen LogP contribution is -2.33. The molecule has 1 amide bonds. The molecule has 1 atom stereocenters. The molecule has 5 nitrogen and oxygen atoms in total. The van der Waals surface area contributed by atoms with Crippen LogP contribution in [0.2, 0.25) is 0 Å². The summed E-state index contributed by atoms with van der Waals surface area (Å²) in [6.45, 7) is 2.98. The second kappa shape index (κ2) is 7.01. The first-order chi connectivity index (χ1) is 11.6. The van der Waals surface area contributed by atoms with Gasteiger partial charge in [-0.25, -0.2) is 4.79 Å². The first kappa shape index (κ1) is 16.5. The Morgan fingerprint density at radius 3 is 2.75 bits per heavy atom. The molecule has 2 aliphatic heterocycles. The van der Waals surface area contributed by atoms with E-state index in [2.05, 4.69) is 0 Å². The van der Waals surface area contributed by atoms with Crippen molar-refractivity contribution in [2.75, 3.05) is 20.3 Å². The average Bonchev–Trinajstić information content (AvgIpc) is 3.19. The van der Waals surface area contributed by atoms with Gasteiger partial charge in [0.05, 0.1) is 30.9 Å². The van der Waals surface area contributed by atoms with Crippen molar-refractivity contribution >= 4 is 18.0 Å². The zero-order chi connectivity index (χ0) is 17.1. The number of benzene rings is 1. The van der Waals surface area contributed by atoms with Gasteiger partial charge in [0.15, 0.2) is 0 Å². The van der Waals surface area contributed by atoms with Crippen molar-refractivity contribution in [1.82, 2.24) is 4.90 Å². The number of amides is 1. The van der Waals surface area contributed by atoms with Gasteiger partial charge >= 0.3 is 5.97 Å². The molecule has 126 valence electrons. The molecule has 1 aromatic rings. The molecule has 1 fully saturated rings. The Kier molecular flexibility index (Phi) is 4.81. The second-order valence-corrected chi connectivity index (χ2v) is 5.97. The fraction of sp³-hybridized carbons (Fsp3) is 0.368. The van der Waals surface area contributed by atoms with Crippen LogP contribution in [0.1, 0.15) is 25.3 Å². The van der Waals surface area contributed by atoms with Gasteiger partial charge in [0, 0.05) is 12.3 Å². The highest BCUT2D eigenvalue weighted by Gasteiger charge is 2.38. The van der Waals surface area contributed by atoms with Gasteiger partial charge in [0.25, 0.3) is 5.91 Å². The van der Waals surface area contributed by atoms with Crippen molar-refractivity contribution in [3.05, 3.63) is 52.7 Å². The number of hydrogen-bond acceptors (Lipinski definition) is 4. The SMILES string of the molecule is COC(=O)C1=C(C)N(C[C@H]2CCCO2)C(=O)/C1=C\c1ccccc1. The van der Waals surface area contributed by atoms with Gasteiger partial charge in [-0.15, -0.1) is 0 Å². The van der Waals surface area contributed by atoms with Gasteiger partial charge in [0.1, 0.15) is 0 Å². The fourth-order valence-corrected chi connectivity index (χ4v) is 3.16. The quantitative estimate of drug-likeness (QED) is 0.630. The van der Waals surface area contributed by atoms with Crippen LogP contribution < -0.4 is 0 Å². The van der Waals surface area contributed by atoms with E-state index >= 15 is 0 Å².